The minimum atomic E-state index is -3.54. The second kappa shape index (κ2) is 6.64. The number of nitrogens with two attached hydrogens (primary N) is 1. The van der Waals surface area contributed by atoms with Crippen LogP contribution in [0.3, 0.4) is 0 Å². The van der Waals surface area contributed by atoms with Gasteiger partial charge >= 0.3 is 0 Å². The molecule has 0 spiro atoms. The number of hydrogen-bond donors (Lipinski definition) is 2. The molecule has 7 heteroatoms. The van der Waals surface area contributed by atoms with E-state index in [0.29, 0.717) is 30.9 Å². The number of aliphatic hydroxyl groups excluding tert-OH is 1. The van der Waals surface area contributed by atoms with Crippen LogP contribution in [0.4, 0.5) is 5.69 Å². The zero-order valence-corrected chi connectivity index (χ0v) is 13.0. The number of nitrogens with zero attached hydrogens (tertiary/aromatic N) is 1. The average molecular weight is 314 g/mol. The standard InChI is InChI=1S/C14H22N2O4S/c1-20-14-5-4-12(9-13(14)15)21(18,19)16-7-2-3-11(10-16)6-8-17/h4-5,9,11,17H,2-3,6-8,10,15H2,1H3. The van der Waals surface area contributed by atoms with Crippen molar-refractivity contribution in [1.29, 1.82) is 0 Å². The van der Waals surface area contributed by atoms with E-state index in [4.69, 9.17) is 15.6 Å². The van der Waals surface area contributed by atoms with Crippen LogP contribution in [0.25, 0.3) is 0 Å². The molecule has 1 aromatic carbocycles. The maximum Gasteiger partial charge on any atom is 0.243 e. The smallest absolute Gasteiger partial charge is 0.243 e. The van der Waals surface area contributed by atoms with Gasteiger partial charge in [-0.1, -0.05) is 0 Å². The summed E-state index contributed by atoms with van der Waals surface area (Å²) in [5.41, 5.74) is 6.10. The lowest BCUT2D eigenvalue weighted by molar-refractivity contribution is 0.203. The van der Waals surface area contributed by atoms with E-state index >= 15 is 0 Å². The molecule has 0 aromatic heterocycles. The number of sulfonamides is 1. The zero-order valence-electron chi connectivity index (χ0n) is 12.2. The molecule has 1 heterocycles. The normalized spacial score (nSPS) is 20.4. The Balaban J connectivity index is 2.23. The van der Waals surface area contributed by atoms with Gasteiger partial charge in [0.05, 0.1) is 17.7 Å². The Labute approximate surface area is 125 Å². The van der Waals surface area contributed by atoms with E-state index in [1.54, 1.807) is 6.07 Å². The number of rotatable bonds is 5. The topological polar surface area (TPSA) is 92.9 Å². The van der Waals surface area contributed by atoms with Crippen molar-refractivity contribution in [2.75, 3.05) is 32.5 Å². The number of aliphatic hydroxyl groups is 1. The van der Waals surface area contributed by atoms with Gasteiger partial charge in [-0.25, -0.2) is 8.42 Å². The first-order valence-corrected chi connectivity index (χ1v) is 8.47. The third-order valence-electron chi connectivity index (χ3n) is 3.86. The molecule has 1 saturated heterocycles. The summed E-state index contributed by atoms with van der Waals surface area (Å²) in [7, 11) is -2.05. The molecule has 1 fully saturated rings. The van der Waals surface area contributed by atoms with E-state index in [1.807, 2.05) is 0 Å². The minimum Gasteiger partial charge on any atom is -0.495 e. The summed E-state index contributed by atoms with van der Waals surface area (Å²) in [5.74, 6) is 0.680. The van der Waals surface area contributed by atoms with Crippen LogP contribution in [-0.4, -0.2) is 44.6 Å². The van der Waals surface area contributed by atoms with Crippen LogP contribution < -0.4 is 10.5 Å². The second-order valence-corrected chi connectivity index (χ2v) is 7.23. The Morgan fingerprint density at radius 2 is 2.24 bits per heavy atom. The molecule has 2 rings (SSSR count). The zero-order chi connectivity index (χ0) is 15.5. The summed E-state index contributed by atoms with van der Waals surface area (Å²) in [6.45, 7) is 1.05. The van der Waals surface area contributed by atoms with Crippen molar-refractivity contribution >= 4 is 15.7 Å². The fourth-order valence-electron chi connectivity index (χ4n) is 2.69. The number of hydrogen-bond acceptors (Lipinski definition) is 5. The van der Waals surface area contributed by atoms with Crippen molar-refractivity contribution in [3.8, 4) is 5.75 Å². The lowest BCUT2D eigenvalue weighted by Gasteiger charge is -2.31. The fourth-order valence-corrected chi connectivity index (χ4v) is 4.28. The molecule has 118 valence electrons. The summed E-state index contributed by atoms with van der Waals surface area (Å²) >= 11 is 0. The minimum absolute atomic E-state index is 0.0913. The highest BCUT2D eigenvalue weighted by atomic mass is 32.2. The number of nitrogen functional groups attached to an aromatic ring is 1. The van der Waals surface area contributed by atoms with Gasteiger partial charge in [-0.15, -0.1) is 0 Å². The second-order valence-electron chi connectivity index (χ2n) is 5.29. The average Bonchev–Trinajstić information content (AvgIpc) is 2.48. The van der Waals surface area contributed by atoms with Crippen molar-refractivity contribution < 1.29 is 18.3 Å². The lowest BCUT2D eigenvalue weighted by Crippen LogP contribution is -2.40. The molecule has 0 radical (unpaired) electrons. The Morgan fingerprint density at radius 3 is 2.86 bits per heavy atom. The third kappa shape index (κ3) is 3.48. The van der Waals surface area contributed by atoms with Gasteiger partial charge < -0.3 is 15.6 Å². The van der Waals surface area contributed by atoms with Gasteiger partial charge in [0, 0.05) is 19.7 Å². The molecule has 21 heavy (non-hydrogen) atoms. The highest BCUT2D eigenvalue weighted by molar-refractivity contribution is 7.89. The van der Waals surface area contributed by atoms with Gasteiger partial charge in [-0.05, 0) is 43.4 Å². The van der Waals surface area contributed by atoms with E-state index in [0.717, 1.165) is 12.8 Å². The Bertz CT molecular complexity index is 587. The first-order valence-electron chi connectivity index (χ1n) is 7.03. The van der Waals surface area contributed by atoms with E-state index in [9.17, 15) is 8.42 Å². The molecule has 0 saturated carbocycles. The Morgan fingerprint density at radius 1 is 1.48 bits per heavy atom. The number of ether oxygens (including phenoxy) is 1. The highest BCUT2D eigenvalue weighted by Gasteiger charge is 2.30. The highest BCUT2D eigenvalue weighted by Crippen LogP contribution is 2.29. The number of piperidine rings is 1. The summed E-state index contributed by atoms with van der Waals surface area (Å²) in [6, 6.07) is 4.52. The van der Waals surface area contributed by atoms with E-state index in [2.05, 4.69) is 0 Å². The van der Waals surface area contributed by atoms with Crippen LogP contribution in [0.15, 0.2) is 23.1 Å². The van der Waals surface area contributed by atoms with Gasteiger partial charge in [-0.3, -0.25) is 0 Å². The monoisotopic (exact) mass is 314 g/mol. The number of methoxy groups -OCH3 is 1. The molecular formula is C14H22N2O4S. The molecule has 0 bridgehead atoms. The molecule has 1 unspecified atom stereocenters. The SMILES string of the molecule is COc1ccc(S(=O)(=O)N2CCCC(CCO)C2)cc1N. The maximum atomic E-state index is 12.7. The predicted molar refractivity (Wildman–Crippen MR) is 80.6 cm³/mol. The first-order chi connectivity index (χ1) is 9.98. The molecule has 1 aromatic rings. The largest absolute Gasteiger partial charge is 0.495 e. The number of anilines is 1. The summed E-state index contributed by atoms with van der Waals surface area (Å²) < 4.78 is 31.8. The van der Waals surface area contributed by atoms with E-state index in [-0.39, 0.29) is 17.4 Å². The van der Waals surface area contributed by atoms with Crippen LogP contribution in [-0.2, 0) is 10.0 Å². The van der Waals surface area contributed by atoms with Crippen molar-refractivity contribution in [2.45, 2.75) is 24.2 Å². The first kappa shape index (κ1) is 16.1. The van der Waals surface area contributed by atoms with Crippen LogP contribution in [0.5, 0.6) is 5.75 Å². The molecular weight excluding hydrogens is 292 g/mol. The van der Waals surface area contributed by atoms with Crippen molar-refractivity contribution in [2.24, 2.45) is 5.92 Å². The van der Waals surface area contributed by atoms with Gasteiger partial charge in [-0.2, -0.15) is 4.31 Å². The summed E-state index contributed by atoms with van der Waals surface area (Å²) in [6.07, 6.45) is 2.41. The van der Waals surface area contributed by atoms with Gasteiger partial charge in [0.2, 0.25) is 10.0 Å². The van der Waals surface area contributed by atoms with E-state index < -0.39 is 10.0 Å². The molecule has 0 amide bonds. The maximum absolute atomic E-state index is 12.7. The number of benzene rings is 1. The third-order valence-corrected chi connectivity index (χ3v) is 5.72. The molecule has 3 N–H and O–H groups in total. The van der Waals surface area contributed by atoms with Crippen molar-refractivity contribution in [1.82, 2.24) is 4.31 Å². The molecule has 0 aliphatic carbocycles. The van der Waals surface area contributed by atoms with Gasteiger partial charge in [0.15, 0.2) is 0 Å². The van der Waals surface area contributed by atoms with Crippen molar-refractivity contribution in [3.63, 3.8) is 0 Å². The van der Waals surface area contributed by atoms with Crippen LogP contribution in [0.1, 0.15) is 19.3 Å². The van der Waals surface area contributed by atoms with E-state index in [1.165, 1.54) is 23.5 Å². The summed E-state index contributed by atoms with van der Waals surface area (Å²) in [5, 5.41) is 9.02. The van der Waals surface area contributed by atoms with Gasteiger partial charge in [0.25, 0.3) is 0 Å². The quantitative estimate of drug-likeness (QED) is 0.793. The predicted octanol–water partition coefficient (Wildman–Crippen LogP) is 1.06. The van der Waals surface area contributed by atoms with Crippen LogP contribution >= 0.6 is 0 Å². The lowest BCUT2D eigenvalue weighted by atomic mass is 9.97. The molecule has 6 nitrogen and oxygen atoms in total. The Hall–Kier alpha value is -1.31. The van der Waals surface area contributed by atoms with Gasteiger partial charge in [0.1, 0.15) is 5.75 Å². The molecule has 1 aliphatic heterocycles. The fraction of sp³-hybridized carbons (Fsp3) is 0.571. The Kier molecular flexibility index (Phi) is 5.08. The van der Waals surface area contributed by atoms with Crippen molar-refractivity contribution in [3.05, 3.63) is 18.2 Å². The summed E-state index contributed by atoms with van der Waals surface area (Å²) in [4.78, 5) is 0.186. The van der Waals surface area contributed by atoms with Crippen LogP contribution in [0.2, 0.25) is 0 Å². The molecule has 1 atom stereocenters. The van der Waals surface area contributed by atoms with Crippen LogP contribution in [0, 0.1) is 5.92 Å². The molecule has 1 aliphatic rings.